The maximum atomic E-state index is 13.6. The maximum Gasteiger partial charge on any atom is 0.273 e. The fourth-order valence-corrected chi connectivity index (χ4v) is 4.58. The van der Waals surface area contributed by atoms with Gasteiger partial charge in [0, 0.05) is 17.1 Å². The molecule has 0 aliphatic carbocycles. The highest BCUT2D eigenvalue weighted by Gasteiger charge is 2.48. The number of nitrogens with one attached hydrogen (secondary N) is 1. The summed E-state index contributed by atoms with van der Waals surface area (Å²) in [6.45, 7) is 8.04. The summed E-state index contributed by atoms with van der Waals surface area (Å²) >= 11 is 7.95. The molecule has 4 rings (SSSR count). The van der Waals surface area contributed by atoms with Crippen molar-refractivity contribution < 1.29 is 9.59 Å². The molecule has 0 saturated heterocycles. The minimum atomic E-state index is -1.13. The van der Waals surface area contributed by atoms with Crippen molar-refractivity contribution in [2.75, 3.05) is 0 Å². The minimum Gasteiger partial charge on any atom is -0.349 e. The second-order valence-electron chi connectivity index (χ2n) is 9.01. The van der Waals surface area contributed by atoms with E-state index in [1.165, 1.54) is 0 Å². The number of amides is 2. The molecule has 1 aliphatic heterocycles. The number of rotatable bonds is 4. The molecule has 1 aromatic carbocycles. The minimum absolute atomic E-state index is 0.223. The van der Waals surface area contributed by atoms with Crippen LogP contribution in [0.15, 0.2) is 47.8 Å². The zero-order valence-electron chi connectivity index (χ0n) is 18.0. The van der Waals surface area contributed by atoms with Gasteiger partial charge in [0.15, 0.2) is 0 Å². The van der Waals surface area contributed by atoms with E-state index in [0.717, 1.165) is 16.1 Å². The fourth-order valence-electron chi connectivity index (χ4n) is 3.71. The Hall–Kier alpha value is -2.64. The molecule has 0 spiro atoms. The second kappa shape index (κ2) is 7.80. The van der Waals surface area contributed by atoms with Gasteiger partial charge in [-0.3, -0.25) is 14.3 Å². The van der Waals surface area contributed by atoms with Crippen molar-refractivity contribution in [2.24, 2.45) is 0 Å². The van der Waals surface area contributed by atoms with E-state index in [0.29, 0.717) is 10.7 Å². The lowest BCUT2D eigenvalue weighted by molar-refractivity contribution is -0.135. The predicted octanol–water partition coefficient (Wildman–Crippen LogP) is 4.59. The number of carbonyl (C=O) groups is 2. The van der Waals surface area contributed by atoms with Crippen LogP contribution in [0.5, 0.6) is 0 Å². The van der Waals surface area contributed by atoms with Crippen molar-refractivity contribution in [3.8, 4) is 10.6 Å². The van der Waals surface area contributed by atoms with Crippen LogP contribution in [-0.4, -0.2) is 37.6 Å². The van der Waals surface area contributed by atoms with E-state index in [9.17, 15) is 9.59 Å². The number of nitrogens with zero attached hydrogens (tertiary/aromatic N) is 3. The molecule has 162 valence electrons. The first kappa shape index (κ1) is 21.6. The molecule has 0 fully saturated rings. The van der Waals surface area contributed by atoms with Crippen LogP contribution in [0, 0.1) is 0 Å². The van der Waals surface area contributed by atoms with Crippen LogP contribution < -0.4 is 5.32 Å². The number of fused-ring (bicyclic) bond motifs is 1. The van der Waals surface area contributed by atoms with Gasteiger partial charge < -0.3 is 10.2 Å². The molecule has 3 aromatic rings. The van der Waals surface area contributed by atoms with Gasteiger partial charge in [0.25, 0.3) is 5.91 Å². The summed E-state index contributed by atoms with van der Waals surface area (Å²) in [6, 6.07) is 13.1. The third-order valence-corrected chi connectivity index (χ3v) is 6.60. The first-order valence-electron chi connectivity index (χ1n) is 10.1. The van der Waals surface area contributed by atoms with E-state index in [2.05, 4.69) is 10.4 Å². The lowest BCUT2D eigenvalue weighted by atomic mass is 9.92. The van der Waals surface area contributed by atoms with E-state index in [-0.39, 0.29) is 24.9 Å². The molecular weight excluding hydrogens is 432 g/mol. The van der Waals surface area contributed by atoms with E-state index >= 15 is 0 Å². The van der Waals surface area contributed by atoms with Crippen molar-refractivity contribution in [1.29, 1.82) is 0 Å². The average molecular weight is 457 g/mol. The number of aromatic nitrogens is 2. The van der Waals surface area contributed by atoms with Gasteiger partial charge in [0.2, 0.25) is 5.91 Å². The summed E-state index contributed by atoms with van der Waals surface area (Å²) in [5.74, 6) is -0.465. The largest absolute Gasteiger partial charge is 0.349 e. The monoisotopic (exact) mass is 456 g/mol. The Labute approximate surface area is 190 Å². The standard InChI is InChI=1S/C23H25ClN4O2S/c1-22(2,3)25-21(30)23(4)14-28-18(12-17(26-28)19-10-7-11-31-19)20(29)27(23)13-15-8-5-6-9-16(15)24/h5-12H,13-14H2,1-4H3,(H,25,30). The third kappa shape index (κ3) is 4.12. The third-order valence-electron chi connectivity index (χ3n) is 5.34. The molecule has 2 amide bonds. The normalized spacial score (nSPS) is 18.7. The summed E-state index contributed by atoms with van der Waals surface area (Å²) in [5.41, 5.74) is 0.424. The molecule has 3 heterocycles. The highest BCUT2D eigenvalue weighted by Crippen LogP contribution is 2.33. The Balaban J connectivity index is 1.78. The van der Waals surface area contributed by atoms with Crippen molar-refractivity contribution in [3.63, 3.8) is 0 Å². The van der Waals surface area contributed by atoms with E-state index < -0.39 is 11.1 Å². The van der Waals surface area contributed by atoms with Crippen LogP contribution in [0.25, 0.3) is 10.6 Å². The number of benzene rings is 1. The number of hydrogen-bond acceptors (Lipinski definition) is 4. The van der Waals surface area contributed by atoms with E-state index in [1.54, 1.807) is 40.0 Å². The number of halogens is 1. The molecule has 31 heavy (non-hydrogen) atoms. The fraction of sp³-hybridized carbons (Fsp3) is 0.348. The first-order chi connectivity index (χ1) is 14.6. The van der Waals surface area contributed by atoms with Gasteiger partial charge >= 0.3 is 0 Å². The van der Waals surface area contributed by atoms with Crippen LogP contribution in [0.2, 0.25) is 5.02 Å². The summed E-state index contributed by atoms with van der Waals surface area (Å²) in [7, 11) is 0. The summed E-state index contributed by atoms with van der Waals surface area (Å²) in [4.78, 5) is 29.7. The zero-order valence-corrected chi connectivity index (χ0v) is 19.5. The molecule has 0 bridgehead atoms. The van der Waals surface area contributed by atoms with Crippen LogP contribution in [0.4, 0.5) is 0 Å². The molecule has 0 radical (unpaired) electrons. The van der Waals surface area contributed by atoms with Crippen LogP contribution in [-0.2, 0) is 17.9 Å². The molecule has 8 heteroatoms. The van der Waals surface area contributed by atoms with Gasteiger partial charge in [-0.2, -0.15) is 5.10 Å². The van der Waals surface area contributed by atoms with Gasteiger partial charge in [-0.25, -0.2) is 0 Å². The molecule has 2 aromatic heterocycles. The molecule has 0 saturated carbocycles. The average Bonchev–Trinajstić information content (AvgIpc) is 3.34. The predicted molar refractivity (Wildman–Crippen MR) is 123 cm³/mol. The summed E-state index contributed by atoms with van der Waals surface area (Å²) < 4.78 is 1.66. The molecular formula is C23H25ClN4O2S. The second-order valence-corrected chi connectivity index (χ2v) is 10.4. The Kier molecular flexibility index (Phi) is 5.43. The van der Waals surface area contributed by atoms with Gasteiger partial charge in [0.1, 0.15) is 16.9 Å². The highest BCUT2D eigenvalue weighted by atomic mass is 35.5. The van der Waals surface area contributed by atoms with Crippen molar-refractivity contribution in [1.82, 2.24) is 20.0 Å². The highest BCUT2D eigenvalue weighted by molar-refractivity contribution is 7.13. The van der Waals surface area contributed by atoms with Gasteiger partial charge in [-0.1, -0.05) is 35.9 Å². The summed E-state index contributed by atoms with van der Waals surface area (Å²) in [6.07, 6.45) is 0. The van der Waals surface area contributed by atoms with Gasteiger partial charge in [-0.05, 0) is 56.8 Å². The van der Waals surface area contributed by atoms with Crippen molar-refractivity contribution >= 4 is 34.8 Å². The number of hydrogen-bond donors (Lipinski definition) is 1. The number of carbonyl (C=O) groups excluding carboxylic acids is 2. The SMILES string of the molecule is CC(C)(C)NC(=O)C1(C)Cn2nc(-c3cccs3)cc2C(=O)N1Cc1ccccc1Cl. The van der Waals surface area contributed by atoms with E-state index in [4.69, 9.17) is 11.6 Å². The zero-order chi connectivity index (χ0) is 22.4. The lowest BCUT2D eigenvalue weighted by Crippen LogP contribution is -2.65. The Bertz CT molecular complexity index is 1130. The summed E-state index contributed by atoms with van der Waals surface area (Å²) in [5, 5.41) is 10.2. The van der Waals surface area contributed by atoms with Gasteiger partial charge in [-0.15, -0.1) is 11.3 Å². The molecule has 1 unspecified atom stereocenters. The Morgan fingerprint density at radius 2 is 2.00 bits per heavy atom. The quantitative estimate of drug-likeness (QED) is 0.624. The van der Waals surface area contributed by atoms with Crippen LogP contribution in [0.3, 0.4) is 0 Å². The smallest absolute Gasteiger partial charge is 0.273 e. The lowest BCUT2D eigenvalue weighted by Gasteiger charge is -2.44. The van der Waals surface area contributed by atoms with Crippen LogP contribution >= 0.6 is 22.9 Å². The molecule has 1 aliphatic rings. The molecule has 1 atom stereocenters. The number of thiophene rings is 1. The van der Waals surface area contributed by atoms with Crippen molar-refractivity contribution in [2.45, 2.75) is 51.9 Å². The maximum absolute atomic E-state index is 13.6. The molecule has 6 nitrogen and oxygen atoms in total. The Morgan fingerprint density at radius 1 is 1.26 bits per heavy atom. The topological polar surface area (TPSA) is 67.2 Å². The first-order valence-corrected chi connectivity index (χ1v) is 11.3. The Morgan fingerprint density at radius 3 is 2.65 bits per heavy atom. The van der Waals surface area contributed by atoms with E-state index in [1.807, 2.05) is 56.5 Å². The van der Waals surface area contributed by atoms with Gasteiger partial charge in [0.05, 0.1) is 11.4 Å². The van der Waals surface area contributed by atoms with Crippen molar-refractivity contribution in [3.05, 3.63) is 64.1 Å². The van der Waals surface area contributed by atoms with Crippen LogP contribution in [0.1, 0.15) is 43.7 Å². The molecule has 1 N–H and O–H groups in total.